The molecule has 0 spiro atoms. The van der Waals surface area contributed by atoms with Gasteiger partial charge in [0.1, 0.15) is 0 Å². The van der Waals surface area contributed by atoms with Gasteiger partial charge in [0.25, 0.3) is 0 Å². The molecule has 3 N–H and O–H groups in total. The quantitative estimate of drug-likeness (QED) is 0.515. The second kappa shape index (κ2) is 6.44. The predicted molar refractivity (Wildman–Crippen MR) is 57.1 cm³/mol. The number of carbonyl (C=O) groups is 2. The van der Waals surface area contributed by atoms with Crippen LogP contribution in [0.15, 0.2) is 0 Å². The Balaban J connectivity index is 2.15. The summed E-state index contributed by atoms with van der Waals surface area (Å²) in [6.07, 6.45) is 2.64. The van der Waals surface area contributed by atoms with Crippen LogP contribution in [-0.2, 0) is 14.3 Å². The summed E-state index contributed by atoms with van der Waals surface area (Å²) in [5.41, 5.74) is 0. The van der Waals surface area contributed by atoms with E-state index in [0.717, 1.165) is 0 Å². The van der Waals surface area contributed by atoms with Crippen LogP contribution in [0.25, 0.3) is 0 Å². The molecule has 0 aromatic carbocycles. The second-order valence-electron chi connectivity index (χ2n) is 3.89. The monoisotopic (exact) mass is 230 g/mol. The zero-order chi connectivity index (χ0) is 12.0. The van der Waals surface area contributed by atoms with Crippen molar-refractivity contribution in [3.63, 3.8) is 0 Å². The molecule has 6 heteroatoms. The number of carboxylic acid groups (broad SMARTS) is 1. The van der Waals surface area contributed by atoms with Crippen LogP contribution < -0.4 is 10.6 Å². The van der Waals surface area contributed by atoms with E-state index in [9.17, 15) is 9.59 Å². The molecule has 1 saturated carbocycles. The topological polar surface area (TPSA) is 87.7 Å². The average Bonchev–Trinajstić information content (AvgIpc) is 3.01. The molecule has 1 aliphatic rings. The van der Waals surface area contributed by atoms with Crippen LogP contribution in [0, 0.1) is 0 Å². The average molecular weight is 230 g/mol. The van der Waals surface area contributed by atoms with Crippen LogP contribution in [0.1, 0.15) is 19.3 Å². The molecule has 0 radical (unpaired) electrons. The van der Waals surface area contributed by atoms with Crippen molar-refractivity contribution in [3.8, 4) is 0 Å². The Morgan fingerprint density at radius 2 is 2.19 bits per heavy atom. The van der Waals surface area contributed by atoms with Crippen molar-refractivity contribution in [2.24, 2.45) is 0 Å². The molecule has 1 fully saturated rings. The molecule has 1 amide bonds. The van der Waals surface area contributed by atoms with E-state index in [0.29, 0.717) is 19.0 Å². The van der Waals surface area contributed by atoms with E-state index in [4.69, 9.17) is 9.84 Å². The van der Waals surface area contributed by atoms with E-state index in [-0.39, 0.29) is 12.5 Å². The van der Waals surface area contributed by atoms with Crippen molar-refractivity contribution in [3.05, 3.63) is 0 Å². The summed E-state index contributed by atoms with van der Waals surface area (Å²) in [6.45, 7) is 0.576. The number of aliphatic carboxylic acids is 1. The Morgan fingerprint density at radius 1 is 1.50 bits per heavy atom. The number of methoxy groups -OCH3 is 1. The van der Waals surface area contributed by atoms with Gasteiger partial charge in [0.2, 0.25) is 5.91 Å². The third kappa shape index (κ3) is 5.09. The van der Waals surface area contributed by atoms with Gasteiger partial charge in [0.15, 0.2) is 6.04 Å². The van der Waals surface area contributed by atoms with Crippen molar-refractivity contribution in [2.45, 2.75) is 31.3 Å². The lowest BCUT2D eigenvalue weighted by Crippen LogP contribution is -2.44. The van der Waals surface area contributed by atoms with Crippen LogP contribution >= 0.6 is 0 Å². The van der Waals surface area contributed by atoms with E-state index in [1.54, 1.807) is 0 Å². The summed E-state index contributed by atoms with van der Waals surface area (Å²) in [4.78, 5) is 22.1. The van der Waals surface area contributed by atoms with Crippen molar-refractivity contribution >= 4 is 11.9 Å². The summed E-state index contributed by atoms with van der Waals surface area (Å²) in [6, 6.07) is -0.402. The zero-order valence-corrected chi connectivity index (χ0v) is 9.36. The first-order valence-corrected chi connectivity index (χ1v) is 5.38. The summed E-state index contributed by atoms with van der Waals surface area (Å²) in [5, 5.41) is 14.4. The van der Waals surface area contributed by atoms with Gasteiger partial charge in [-0.1, -0.05) is 0 Å². The summed E-state index contributed by atoms with van der Waals surface area (Å²) in [7, 11) is 1.40. The largest absolute Gasteiger partial charge is 0.480 e. The highest BCUT2D eigenvalue weighted by molar-refractivity contribution is 5.83. The molecule has 1 aliphatic carbocycles. The Hall–Kier alpha value is -1.14. The first-order valence-electron chi connectivity index (χ1n) is 5.38. The maximum atomic E-state index is 11.4. The highest BCUT2D eigenvalue weighted by atomic mass is 16.5. The van der Waals surface area contributed by atoms with Crippen molar-refractivity contribution in [1.82, 2.24) is 10.6 Å². The molecule has 16 heavy (non-hydrogen) atoms. The third-order valence-corrected chi connectivity index (χ3v) is 2.33. The van der Waals surface area contributed by atoms with E-state index < -0.39 is 12.0 Å². The summed E-state index contributed by atoms with van der Waals surface area (Å²) in [5.74, 6) is -1.34. The predicted octanol–water partition coefficient (Wildman–Crippen LogP) is -0.656. The van der Waals surface area contributed by atoms with Gasteiger partial charge in [0.05, 0.1) is 6.61 Å². The fraction of sp³-hybridized carbons (Fsp3) is 0.800. The van der Waals surface area contributed by atoms with Crippen LogP contribution in [-0.4, -0.2) is 49.3 Å². The number of ether oxygens (including phenoxy) is 1. The van der Waals surface area contributed by atoms with Crippen LogP contribution in [0.3, 0.4) is 0 Å². The standard InChI is InChI=1S/C10H18N2O4/c1-16-6-8(10(14)15)12-9(13)4-5-11-7-2-3-7/h7-8,11H,2-6H2,1H3,(H,12,13)(H,14,15). The van der Waals surface area contributed by atoms with Gasteiger partial charge in [-0.25, -0.2) is 4.79 Å². The number of rotatable bonds is 8. The minimum atomic E-state index is -1.08. The molecule has 1 unspecified atom stereocenters. The number of amides is 1. The fourth-order valence-electron chi connectivity index (χ4n) is 1.29. The molecule has 0 heterocycles. The maximum absolute atomic E-state index is 11.4. The van der Waals surface area contributed by atoms with Gasteiger partial charge in [-0.3, -0.25) is 4.79 Å². The highest BCUT2D eigenvalue weighted by Crippen LogP contribution is 2.18. The SMILES string of the molecule is COCC(NC(=O)CCNC1CC1)C(=O)O. The number of carboxylic acids is 1. The first-order chi connectivity index (χ1) is 7.63. The van der Waals surface area contributed by atoms with E-state index in [1.807, 2.05) is 0 Å². The lowest BCUT2D eigenvalue weighted by molar-refractivity contribution is -0.143. The second-order valence-corrected chi connectivity index (χ2v) is 3.89. The van der Waals surface area contributed by atoms with Crippen molar-refractivity contribution in [2.75, 3.05) is 20.3 Å². The summed E-state index contributed by atoms with van der Waals surface area (Å²) < 4.78 is 4.71. The fourth-order valence-corrected chi connectivity index (χ4v) is 1.29. The van der Waals surface area contributed by atoms with E-state index >= 15 is 0 Å². The van der Waals surface area contributed by atoms with Gasteiger partial charge < -0.3 is 20.5 Å². The number of carbonyl (C=O) groups excluding carboxylic acids is 1. The smallest absolute Gasteiger partial charge is 0.328 e. The molecular weight excluding hydrogens is 212 g/mol. The molecule has 92 valence electrons. The molecule has 0 aliphatic heterocycles. The van der Waals surface area contributed by atoms with Crippen LogP contribution in [0.5, 0.6) is 0 Å². The first kappa shape index (κ1) is 12.9. The Labute approximate surface area is 94.3 Å². The van der Waals surface area contributed by atoms with Crippen LogP contribution in [0.2, 0.25) is 0 Å². The molecule has 0 aromatic rings. The van der Waals surface area contributed by atoms with Crippen molar-refractivity contribution < 1.29 is 19.4 Å². The minimum absolute atomic E-state index is 0.0167. The molecule has 0 aromatic heterocycles. The molecule has 6 nitrogen and oxygen atoms in total. The van der Waals surface area contributed by atoms with Gasteiger partial charge in [-0.2, -0.15) is 0 Å². The normalized spacial score (nSPS) is 16.8. The minimum Gasteiger partial charge on any atom is -0.480 e. The highest BCUT2D eigenvalue weighted by Gasteiger charge is 2.22. The van der Waals surface area contributed by atoms with Crippen molar-refractivity contribution in [1.29, 1.82) is 0 Å². The number of hydrogen-bond donors (Lipinski definition) is 3. The van der Waals surface area contributed by atoms with Gasteiger partial charge in [-0.05, 0) is 12.8 Å². The van der Waals surface area contributed by atoms with Gasteiger partial charge >= 0.3 is 5.97 Å². The lowest BCUT2D eigenvalue weighted by atomic mass is 10.3. The number of nitrogens with one attached hydrogen (secondary N) is 2. The Morgan fingerprint density at radius 3 is 2.69 bits per heavy atom. The van der Waals surface area contributed by atoms with E-state index in [2.05, 4.69) is 10.6 Å². The number of hydrogen-bond acceptors (Lipinski definition) is 4. The zero-order valence-electron chi connectivity index (χ0n) is 9.36. The third-order valence-electron chi connectivity index (χ3n) is 2.33. The molecule has 1 rings (SSSR count). The van der Waals surface area contributed by atoms with Gasteiger partial charge in [-0.15, -0.1) is 0 Å². The molecule has 0 saturated heterocycles. The van der Waals surface area contributed by atoms with Crippen LogP contribution in [0.4, 0.5) is 0 Å². The Bertz CT molecular complexity index is 253. The molecule has 0 bridgehead atoms. The van der Waals surface area contributed by atoms with Gasteiger partial charge in [0, 0.05) is 26.1 Å². The molecular formula is C10H18N2O4. The Kier molecular flexibility index (Phi) is 5.21. The van der Waals surface area contributed by atoms with E-state index in [1.165, 1.54) is 20.0 Å². The summed E-state index contributed by atoms with van der Waals surface area (Å²) >= 11 is 0. The lowest BCUT2D eigenvalue weighted by Gasteiger charge is -2.13. The molecule has 1 atom stereocenters. The maximum Gasteiger partial charge on any atom is 0.328 e.